The van der Waals surface area contributed by atoms with Crippen molar-refractivity contribution in [1.29, 1.82) is 0 Å². The lowest BCUT2D eigenvalue weighted by Crippen LogP contribution is -1.87. The van der Waals surface area contributed by atoms with Crippen molar-refractivity contribution in [3.63, 3.8) is 0 Å². The first-order valence-electron chi connectivity index (χ1n) is 4.77. The Hall–Kier alpha value is -2.10. The quantitative estimate of drug-likeness (QED) is 0.731. The molecule has 4 nitrogen and oxygen atoms in total. The number of H-pyrrole nitrogens is 1. The lowest BCUT2D eigenvalue weighted by Gasteiger charge is -1.97. The largest absolute Gasteiger partial charge is 0.397 e. The van der Waals surface area contributed by atoms with Crippen molar-refractivity contribution < 1.29 is 0 Å². The first-order valence-corrected chi connectivity index (χ1v) is 4.77. The number of nitrogen functional groups attached to an aromatic ring is 1. The number of aromatic amines is 1. The topological polar surface area (TPSA) is 67.1 Å². The molecule has 0 aromatic carbocycles. The number of nitrogens with zero attached hydrogens (tertiary/aromatic N) is 2. The van der Waals surface area contributed by atoms with Crippen molar-refractivity contribution in [2.24, 2.45) is 4.99 Å². The lowest BCUT2D eigenvalue weighted by molar-refractivity contribution is 1.29. The monoisotopic (exact) mass is 198 g/mol. The fourth-order valence-electron chi connectivity index (χ4n) is 1.79. The van der Waals surface area contributed by atoms with Gasteiger partial charge in [0.2, 0.25) is 0 Å². The van der Waals surface area contributed by atoms with E-state index in [1.807, 2.05) is 18.5 Å². The number of rotatable bonds is 1. The molecule has 1 aliphatic rings. The maximum absolute atomic E-state index is 5.72. The van der Waals surface area contributed by atoms with Crippen molar-refractivity contribution in [3.8, 4) is 0 Å². The van der Waals surface area contributed by atoms with E-state index in [1.165, 1.54) is 0 Å². The SMILES string of the molecule is Nc1cnc2[nH]cc(C3=CCN=C3)c2c1. The van der Waals surface area contributed by atoms with Crippen LogP contribution in [0.25, 0.3) is 16.6 Å². The fraction of sp³-hybridized carbons (Fsp3) is 0.0909. The number of pyridine rings is 1. The summed E-state index contributed by atoms with van der Waals surface area (Å²) in [6.07, 6.45) is 7.57. The summed E-state index contributed by atoms with van der Waals surface area (Å²) >= 11 is 0. The molecule has 1 aliphatic heterocycles. The zero-order chi connectivity index (χ0) is 10.3. The number of fused-ring (bicyclic) bond motifs is 1. The highest BCUT2D eigenvalue weighted by atomic mass is 14.9. The van der Waals surface area contributed by atoms with E-state index in [9.17, 15) is 0 Å². The van der Waals surface area contributed by atoms with Gasteiger partial charge in [-0.1, -0.05) is 6.08 Å². The van der Waals surface area contributed by atoms with Gasteiger partial charge in [-0.05, 0) is 11.6 Å². The maximum Gasteiger partial charge on any atom is 0.138 e. The molecule has 0 unspecified atom stereocenters. The van der Waals surface area contributed by atoms with Gasteiger partial charge in [-0.3, -0.25) is 4.99 Å². The summed E-state index contributed by atoms with van der Waals surface area (Å²) in [5.41, 5.74) is 9.51. The molecule has 3 heterocycles. The van der Waals surface area contributed by atoms with Crippen molar-refractivity contribution >= 4 is 28.5 Å². The van der Waals surface area contributed by atoms with E-state index in [1.54, 1.807) is 6.20 Å². The Bertz CT molecular complexity index is 577. The van der Waals surface area contributed by atoms with Gasteiger partial charge in [0, 0.05) is 23.4 Å². The van der Waals surface area contributed by atoms with Crippen LogP contribution in [0.4, 0.5) is 5.69 Å². The van der Waals surface area contributed by atoms with Crippen molar-refractivity contribution in [2.45, 2.75) is 0 Å². The normalized spacial score (nSPS) is 14.8. The van der Waals surface area contributed by atoms with E-state index in [0.29, 0.717) is 5.69 Å². The molecule has 3 N–H and O–H groups in total. The van der Waals surface area contributed by atoms with Crippen molar-refractivity contribution in [2.75, 3.05) is 12.3 Å². The molecule has 0 fully saturated rings. The van der Waals surface area contributed by atoms with E-state index in [4.69, 9.17) is 5.73 Å². The molecule has 0 saturated heterocycles. The number of nitrogens with two attached hydrogens (primary N) is 1. The molecule has 15 heavy (non-hydrogen) atoms. The molecule has 0 amide bonds. The third-order valence-electron chi connectivity index (χ3n) is 2.51. The first kappa shape index (κ1) is 8.23. The molecule has 0 aliphatic carbocycles. The zero-order valence-electron chi connectivity index (χ0n) is 8.07. The summed E-state index contributed by atoms with van der Waals surface area (Å²) in [5.74, 6) is 0. The van der Waals surface area contributed by atoms with Crippen LogP contribution in [0.1, 0.15) is 5.56 Å². The second-order valence-corrected chi connectivity index (χ2v) is 3.52. The Balaban J connectivity index is 2.27. The van der Waals surface area contributed by atoms with Crippen LogP contribution < -0.4 is 5.73 Å². The van der Waals surface area contributed by atoms with Crippen LogP contribution in [0.5, 0.6) is 0 Å². The second-order valence-electron chi connectivity index (χ2n) is 3.52. The van der Waals surface area contributed by atoms with Gasteiger partial charge in [-0.2, -0.15) is 0 Å². The Labute approximate surface area is 86.5 Å². The van der Waals surface area contributed by atoms with Crippen LogP contribution >= 0.6 is 0 Å². The summed E-state index contributed by atoms with van der Waals surface area (Å²) in [7, 11) is 0. The highest BCUT2D eigenvalue weighted by Gasteiger charge is 2.09. The predicted molar refractivity (Wildman–Crippen MR) is 61.8 cm³/mol. The first-order chi connectivity index (χ1) is 7.34. The van der Waals surface area contributed by atoms with Gasteiger partial charge >= 0.3 is 0 Å². The van der Waals surface area contributed by atoms with Crippen LogP contribution in [-0.4, -0.2) is 22.7 Å². The average Bonchev–Trinajstić information content (AvgIpc) is 2.83. The number of aliphatic imine (C=N–C) groups is 1. The van der Waals surface area contributed by atoms with Gasteiger partial charge < -0.3 is 10.7 Å². The fourth-order valence-corrected chi connectivity index (χ4v) is 1.79. The van der Waals surface area contributed by atoms with Crippen LogP contribution in [0.15, 0.2) is 29.5 Å². The van der Waals surface area contributed by atoms with Gasteiger partial charge in [-0.25, -0.2) is 4.98 Å². The smallest absolute Gasteiger partial charge is 0.138 e. The van der Waals surface area contributed by atoms with Crippen LogP contribution in [0.3, 0.4) is 0 Å². The molecule has 0 spiro atoms. The number of aromatic nitrogens is 2. The van der Waals surface area contributed by atoms with Gasteiger partial charge in [-0.15, -0.1) is 0 Å². The van der Waals surface area contributed by atoms with E-state index in [0.717, 1.165) is 28.7 Å². The summed E-state index contributed by atoms with van der Waals surface area (Å²) < 4.78 is 0. The van der Waals surface area contributed by atoms with Gasteiger partial charge in [0.05, 0.1) is 18.4 Å². The highest BCUT2D eigenvalue weighted by molar-refractivity contribution is 6.15. The lowest BCUT2D eigenvalue weighted by atomic mass is 10.1. The van der Waals surface area contributed by atoms with Gasteiger partial charge in [0.15, 0.2) is 0 Å². The minimum Gasteiger partial charge on any atom is -0.397 e. The number of hydrogen-bond donors (Lipinski definition) is 2. The van der Waals surface area contributed by atoms with Gasteiger partial charge in [0.1, 0.15) is 5.65 Å². The van der Waals surface area contributed by atoms with E-state index < -0.39 is 0 Å². The molecular formula is C11H10N4. The van der Waals surface area contributed by atoms with E-state index in [2.05, 4.69) is 21.0 Å². The Morgan fingerprint density at radius 1 is 1.40 bits per heavy atom. The number of allylic oxidation sites excluding steroid dienone is 1. The average molecular weight is 198 g/mol. The third kappa shape index (κ3) is 1.22. The molecule has 3 rings (SSSR count). The molecule has 0 saturated carbocycles. The second kappa shape index (κ2) is 2.95. The molecule has 2 aromatic heterocycles. The van der Waals surface area contributed by atoms with Crippen molar-refractivity contribution in [3.05, 3.63) is 30.1 Å². The van der Waals surface area contributed by atoms with E-state index >= 15 is 0 Å². The minimum atomic E-state index is 0.680. The standard InChI is InChI=1S/C11H10N4/c12-8-3-9-10(7-1-2-13-4-7)6-15-11(9)14-5-8/h1,3-6H,2,12H2,(H,14,15). The Morgan fingerprint density at radius 3 is 3.13 bits per heavy atom. The predicted octanol–water partition coefficient (Wildman–Crippen LogP) is 1.61. The zero-order valence-corrected chi connectivity index (χ0v) is 8.07. The molecule has 74 valence electrons. The maximum atomic E-state index is 5.72. The van der Waals surface area contributed by atoms with Crippen molar-refractivity contribution in [1.82, 2.24) is 9.97 Å². The summed E-state index contributed by atoms with van der Waals surface area (Å²) in [6.45, 7) is 0.762. The van der Waals surface area contributed by atoms with Gasteiger partial charge in [0.25, 0.3) is 0 Å². The summed E-state index contributed by atoms with van der Waals surface area (Å²) in [6, 6.07) is 1.93. The summed E-state index contributed by atoms with van der Waals surface area (Å²) in [4.78, 5) is 11.5. The molecule has 2 aromatic rings. The van der Waals surface area contributed by atoms with Crippen LogP contribution in [-0.2, 0) is 0 Å². The number of anilines is 1. The molecule has 0 atom stereocenters. The van der Waals surface area contributed by atoms with Crippen LogP contribution in [0.2, 0.25) is 0 Å². The highest BCUT2D eigenvalue weighted by Crippen LogP contribution is 2.25. The Morgan fingerprint density at radius 2 is 2.33 bits per heavy atom. The molecule has 4 heteroatoms. The van der Waals surface area contributed by atoms with E-state index in [-0.39, 0.29) is 0 Å². The number of nitrogens with one attached hydrogen (secondary N) is 1. The third-order valence-corrected chi connectivity index (χ3v) is 2.51. The van der Waals surface area contributed by atoms with Crippen LogP contribution in [0, 0.1) is 0 Å². The minimum absolute atomic E-state index is 0.680. The number of hydrogen-bond acceptors (Lipinski definition) is 3. The summed E-state index contributed by atoms with van der Waals surface area (Å²) in [5, 5.41) is 1.05. The molecule has 0 radical (unpaired) electrons. The molecule has 0 bridgehead atoms. The molecular weight excluding hydrogens is 188 g/mol. The Kier molecular flexibility index (Phi) is 1.62.